The predicted octanol–water partition coefficient (Wildman–Crippen LogP) is 3.45. The van der Waals surface area contributed by atoms with E-state index in [4.69, 9.17) is 4.74 Å². The molecule has 0 bridgehead atoms. The standard InChI is InChI=1S/C11H14F2O/c1-7-5-6-8(10(13)9(7)12)14-11(2,3)4/h5-6H,1-4H3. The van der Waals surface area contributed by atoms with Gasteiger partial charge in [-0.15, -0.1) is 0 Å². The van der Waals surface area contributed by atoms with Gasteiger partial charge in [0.05, 0.1) is 0 Å². The van der Waals surface area contributed by atoms with E-state index in [1.165, 1.54) is 19.1 Å². The summed E-state index contributed by atoms with van der Waals surface area (Å²) in [5, 5.41) is 0. The van der Waals surface area contributed by atoms with Crippen LogP contribution in [0.5, 0.6) is 5.75 Å². The lowest BCUT2D eigenvalue weighted by Crippen LogP contribution is -2.23. The largest absolute Gasteiger partial charge is 0.485 e. The molecule has 1 rings (SSSR count). The molecule has 0 atom stereocenters. The van der Waals surface area contributed by atoms with Gasteiger partial charge in [0.2, 0.25) is 5.82 Å². The van der Waals surface area contributed by atoms with Crippen molar-refractivity contribution in [3.05, 3.63) is 29.3 Å². The molecule has 0 aromatic heterocycles. The molecule has 0 fully saturated rings. The molecule has 0 saturated heterocycles. The molecule has 0 amide bonds. The molecule has 0 aliphatic heterocycles. The molecule has 0 radical (unpaired) electrons. The summed E-state index contributed by atoms with van der Waals surface area (Å²) in [5.74, 6) is -1.80. The average Bonchev–Trinajstić information content (AvgIpc) is 2.04. The zero-order valence-corrected chi connectivity index (χ0v) is 8.82. The second-order valence-electron chi connectivity index (χ2n) is 4.22. The third-order valence-corrected chi connectivity index (χ3v) is 1.66. The fourth-order valence-electron chi connectivity index (χ4n) is 1.04. The van der Waals surface area contributed by atoms with E-state index >= 15 is 0 Å². The summed E-state index contributed by atoms with van der Waals surface area (Å²) in [6.45, 7) is 6.86. The lowest BCUT2D eigenvalue weighted by atomic mass is 10.1. The zero-order chi connectivity index (χ0) is 10.9. The van der Waals surface area contributed by atoms with Crippen LogP contribution in [-0.2, 0) is 0 Å². The fourth-order valence-corrected chi connectivity index (χ4v) is 1.04. The highest BCUT2D eigenvalue weighted by atomic mass is 19.2. The van der Waals surface area contributed by atoms with E-state index in [1.807, 2.05) is 0 Å². The second-order valence-corrected chi connectivity index (χ2v) is 4.22. The Morgan fingerprint density at radius 3 is 2.14 bits per heavy atom. The number of hydrogen-bond donors (Lipinski definition) is 0. The van der Waals surface area contributed by atoms with Crippen LogP contribution < -0.4 is 4.74 Å². The summed E-state index contributed by atoms with van der Waals surface area (Å²) in [6.07, 6.45) is 0. The van der Waals surface area contributed by atoms with Crippen LogP contribution in [-0.4, -0.2) is 5.60 Å². The van der Waals surface area contributed by atoms with Crippen LogP contribution in [0.3, 0.4) is 0 Å². The number of benzene rings is 1. The van der Waals surface area contributed by atoms with Crippen molar-refractivity contribution in [1.29, 1.82) is 0 Å². The minimum atomic E-state index is -0.917. The minimum absolute atomic E-state index is 0.0411. The molecule has 0 heterocycles. The molecule has 3 heteroatoms. The van der Waals surface area contributed by atoms with Gasteiger partial charge < -0.3 is 4.74 Å². The molecular formula is C11H14F2O. The average molecular weight is 200 g/mol. The number of hydrogen-bond acceptors (Lipinski definition) is 1. The molecule has 1 aromatic rings. The van der Waals surface area contributed by atoms with E-state index in [0.29, 0.717) is 0 Å². The molecule has 1 aromatic carbocycles. The van der Waals surface area contributed by atoms with Crippen LogP contribution in [0.1, 0.15) is 26.3 Å². The SMILES string of the molecule is Cc1ccc(OC(C)(C)C)c(F)c1F. The Kier molecular flexibility index (Phi) is 2.79. The molecule has 0 N–H and O–H groups in total. The van der Waals surface area contributed by atoms with Crippen molar-refractivity contribution in [1.82, 2.24) is 0 Å². The van der Waals surface area contributed by atoms with Crippen molar-refractivity contribution in [2.45, 2.75) is 33.3 Å². The van der Waals surface area contributed by atoms with Gasteiger partial charge in [0.15, 0.2) is 11.6 Å². The van der Waals surface area contributed by atoms with E-state index in [9.17, 15) is 8.78 Å². The van der Waals surface area contributed by atoms with Crippen LogP contribution in [0, 0.1) is 18.6 Å². The molecule has 1 nitrogen and oxygen atoms in total. The normalized spacial score (nSPS) is 11.6. The maximum atomic E-state index is 13.3. The summed E-state index contributed by atoms with van der Waals surface area (Å²) >= 11 is 0. The summed E-state index contributed by atoms with van der Waals surface area (Å²) < 4.78 is 31.7. The summed E-state index contributed by atoms with van der Waals surface area (Å²) in [6, 6.07) is 2.94. The van der Waals surface area contributed by atoms with E-state index in [-0.39, 0.29) is 11.3 Å². The summed E-state index contributed by atoms with van der Waals surface area (Å²) in [4.78, 5) is 0. The van der Waals surface area contributed by atoms with Crippen LogP contribution in [0.2, 0.25) is 0 Å². The topological polar surface area (TPSA) is 9.23 Å². The van der Waals surface area contributed by atoms with Crippen LogP contribution in [0.4, 0.5) is 8.78 Å². The molecule has 78 valence electrons. The van der Waals surface area contributed by atoms with Crippen LogP contribution in [0.25, 0.3) is 0 Å². The molecule has 0 unspecified atom stereocenters. The molecule has 0 spiro atoms. The Morgan fingerprint density at radius 2 is 1.64 bits per heavy atom. The maximum absolute atomic E-state index is 13.3. The van der Waals surface area contributed by atoms with Gasteiger partial charge in [-0.3, -0.25) is 0 Å². The Labute approximate surface area is 82.7 Å². The zero-order valence-electron chi connectivity index (χ0n) is 8.82. The number of rotatable bonds is 1. The van der Waals surface area contributed by atoms with Crippen molar-refractivity contribution < 1.29 is 13.5 Å². The van der Waals surface area contributed by atoms with E-state index < -0.39 is 17.2 Å². The quantitative estimate of drug-likeness (QED) is 0.674. The van der Waals surface area contributed by atoms with Gasteiger partial charge in [-0.05, 0) is 39.3 Å². The van der Waals surface area contributed by atoms with Gasteiger partial charge in [0.25, 0.3) is 0 Å². The monoisotopic (exact) mass is 200 g/mol. The first-order chi connectivity index (χ1) is 6.31. The first-order valence-electron chi connectivity index (χ1n) is 4.45. The smallest absolute Gasteiger partial charge is 0.200 e. The van der Waals surface area contributed by atoms with Crippen LogP contribution >= 0.6 is 0 Å². The highest BCUT2D eigenvalue weighted by Gasteiger charge is 2.18. The van der Waals surface area contributed by atoms with E-state index in [2.05, 4.69) is 0 Å². The van der Waals surface area contributed by atoms with Crippen molar-refractivity contribution in [3.8, 4) is 5.75 Å². The van der Waals surface area contributed by atoms with E-state index in [0.717, 1.165) is 0 Å². The Hall–Kier alpha value is -1.12. The number of aryl methyl sites for hydroxylation is 1. The van der Waals surface area contributed by atoms with Crippen LogP contribution in [0.15, 0.2) is 12.1 Å². The lowest BCUT2D eigenvalue weighted by Gasteiger charge is -2.21. The highest BCUT2D eigenvalue weighted by Crippen LogP contribution is 2.25. The maximum Gasteiger partial charge on any atom is 0.200 e. The first-order valence-corrected chi connectivity index (χ1v) is 4.45. The van der Waals surface area contributed by atoms with Gasteiger partial charge >= 0.3 is 0 Å². The van der Waals surface area contributed by atoms with E-state index in [1.54, 1.807) is 20.8 Å². The number of halogens is 2. The van der Waals surface area contributed by atoms with Crippen molar-refractivity contribution in [2.24, 2.45) is 0 Å². The third-order valence-electron chi connectivity index (χ3n) is 1.66. The van der Waals surface area contributed by atoms with Gasteiger partial charge in [-0.1, -0.05) is 6.07 Å². The summed E-state index contributed by atoms with van der Waals surface area (Å²) in [5.41, 5.74) is -0.244. The van der Waals surface area contributed by atoms with Gasteiger partial charge in [0, 0.05) is 0 Å². The Balaban J connectivity index is 3.06. The highest BCUT2D eigenvalue weighted by molar-refractivity contribution is 5.30. The van der Waals surface area contributed by atoms with Crippen molar-refractivity contribution in [2.75, 3.05) is 0 Å². The summed E-state index contributed by atoms with van der Waals surface area (Å²) in [7, 11) is 0. The second kappa shape index (κ2) is 3.56. The van der Waals surface area contributed by atoms with Gasteiger partial charge in [-0.25, -0.2) is 4.39 Å². The van der Waals surface area contributed by atoms with Crippen molar-refractivity contribution in [3.63, 3.8) is 0 Å². The predicted molar refractivity (Wildman–Crippen MR) is 51.5 cm³/mol. The third kappa shape index (κ3) is 2.44. The molecule has 0 aliphatic carbocycles. The van der Waals surface area contributed by atoms with Gasteiger partial charge in [-0.2, -0.15) is 4.39 Å². The Morgan fingerprint density at radius 1 is 1.07 bits per heavy atom. The lowest BCUT2D eigenvalue weighted by molar-refractivity contribution is 0.123. The first kappa shape index (κ1) is 11.0. The van der Waals surface area contributed by atoms with Crippen molar-refractivity contribution >= 4 is 0 Å². The fraction of sp³-hybridized carbons (Fsp3) is 0.455. The Bertz CT molecular complexity index is 340. The molecule has 14 heavy (non-hydrogen) atoms. The minimum Gasteiger partial charge on any atom is -0.485 e. The molecule has 0 saturated carbocycles. The molecule has 0 aliphatic rings. The number of ether oxygens (including phenoxy) is 1. The molecular weight excluding hydrogens is 186 g/mol. The van der Waals surface area contributed by atoms with Gasteiger partial charge in [0.1, 0.15) is 5.60 Å².